The summed E-state index contributed by atoms with van der Waals surface area (Å²) < 4.78 is 0. The van der Waals surface area contributed by atoms with Crippen LogP contribution in [0, 0.1) is 23.2 Å². The van der Waals surface area contributed by atoms with Crippen LogP contribution in [0.3, 0.4) is 0 Å². The van der Waals surface area contributed by atoms with Crippen LogP contribution in [0.15, 0.2) is 24.3 Å². The van der Waals surface area contributed by atoms with E-state index in [1.807, 2.05) is 12.1 Å². The highest BCUT2D eigenvalue weighted by Crippen LogP contribution is 2.36. The smallest absolute Gasteiger partial charge is 0.225 e. The van der Waals surface area contributed by atoms with Crippen molar-refractivity contribution in [2.45, 2.75) is 64.0 Å². The van der Waals surface area contributed by atoms with Crippen molar-refractivity contribution in [3.05, 3.63) is 35.4 Å². The zero-order valence-corrected chi connectivity index (χ0v) is 16.3. The Balaban J connectivity index is 1.34. The topological polar surface area (TPSA) is 47.3 Å². The molecule has 1 aromatic carbocycles. The van der Waals surface area contributed by atoms with E-state index in [0.717, 1.165) is 44.6 Å². The van der Waals surface area contributed by atoms with Crippen molar-refractivity contribution < 1.29 is 4.79 Å². The third-order valence-electron chi connectivity index (χ3n) is 6.67. The molecule has 0 bridgehead atoms. The summed E-state index contributed by atoms with van der Waals surface area (Å²) in [6.45, 7) is 4.19. The van der Waals surface area contributed by atoms with E-state index in [1.165, 1.54) is 44.1 Å². The predicted octanol–water partition coefficient (Wildman–Crippen LogP) is 3.95. The first-order valence-corrected chi connectivity index (χ1v) is 10.8. The van der Waals surface area contributed by atoms with E-state index in [2.05, 4.69) is 28.0 Å². The molecule has 0 spiro atoms. The largest absolute Gasteiger partial charge is 0.339 e. The van der Waals surface area contributed by atoms with Gasteiger partial charge >= 0.3 is 0 Å². The quantitative estimate of drug-likeness (QED) is 0.812. The molecule has 2 heterocycles. The lowest BCUT2D eigenvalue weighted by Gasteiger charge is -2.41. The van der Waals surface area contributed by atoms with E-state index in [1.54, 1.807) is 0 Å². The number of amides is 1. The first-order valence-electron chi connectivity index (χ1n) is 10.8. The number of rotatable bonds is 4. The summed E-state index contributed by atoms with van der Waals surface area (Å²) in [4.78, 5) is 17.6. The molecule has 3 fully saturated rings. The van der Waals surface area contributed by atoms with Gasteiger partial charge in [-0.25, -0.2) is 0 Å². The molecule has 4 heteroatoms. The van der Waals surface area contributed by atoms with Crippen LogP contribution >= 0.6 is 0 Å². The molecule has 27 heavy (non-hydrogen) atoms. The molecule has 1 aliphatic carbocycles. The van der Waals surface area contributed by atoms with Crippen molar-refractivity contribution in [1.82, 2.24) is 9.80 Å². The minimum Gasteiger partial charge on any atom is -0.339 e. The zero-order valence-electron chi connectivity index (χ0n) is 16.3. The van der Waals surface area contributed by atoms with E-state index in [9.17, 15) is 4.79 Å². The highest BCUT2D eigenvalue weighted by Gasteiger charge is 2.39. The van der Waals surface area contributed by atoms with Gasteiger partial charge in [0.25, 0.3) is 0 Å². The number of likely N-dealkylation sites (tertiary alicyclic amines) is 2. The maximum Gasteiger partial charge on any atom is 0.225 e. The standard InChI is InChI=1S/C23H31N3O/c24-16-18-5-7-19(8-6-18)17-25-14-11-20(12-15-25)22-4-2-1-3-13-26(22)23(27)21-9-10-21/h5-8,20-22H,1-4,9-15,17H2. The minimum absolute atomic E-state index is 0.349. The summed E-state index contributed by atoms with van der Waals surface area (Å²) in [7, 11) is 0. The lowest BCUT2D eigenvalue weighted by molar-refractivity contribution is -0.136. The lowest BCUT2D eigenvalue weighted by Crippen LogP contribution is -2.48. The summed E-state index contributed by atoms with van der Waals surface area (Å²) >= 11 is 0. The molecule has 1 amide bonds. The van der Waals surface area contributed by atoms with Gasteiger partial charge in [0.2, 0.25) is 5.91 Å². The van der Waals surface area contributed by atoms with E-state index < -0.39 is 0 Å². The number of carbonyl (C=O) groups is 1. The molecule has 3 aliphatic rings. The van der Waals surface area contributed by atoms with Crippen molar-refractivity contribution in [2.24, 2.45) is 11.8 Å². The van der Waals surface area contributed by atoms with Crippen molar-refractivity contribution in [3.63, 3.8) is 0 Å². The van der Waals surface area contributed by atoms with E-state index in [-0.39, 0.29) is 0 Å². The summed E-state index contributed by atoms with van der Waals surface area (Å²) in [5.41, 5.74) is 2.01. The number of nitriles is 1. The molecule has 1 saturated carbocycles. The Morgan fingerprint density at radius 3 is 2.37 bits per heavy atom. The molecule has 2 saturated heterocycles. The second-order valence-corrected chi connectivity index (χ2v) is 8.64. The number of carbonyl (C=O) groups excluding carboxylic acids is 1. The molecule has 0 radical (unpaired) electrons. The Morgan fingerprint density at radius 2 is 1.70 bits per heavy atom. The fourth-order valence-electron chi connectivity index (χ4n) is 4.90. The third-order valence-corrected chi connectivity index (χ3v) is 6.67. The van der Waals surface area contributed by atoms with Crippen molar-refractivity contribution >= 4 is 5.91 Å². The molecule has 0 N–H and O–H groups in total. The second kappa shape index (κ2) is 8.44. The first kappa shape index (κ1) is 18.5. The van der Waals surface area contributed by atoms with Gasteiger partial charge in [-0.3, -0.25) is 9.69 Å². The predicted molar refractivity (Wildman–Crippen MR) is 106 cm³/mol. The van der Waals surface area contributed by atoms with Crippen LogP contribution in [-0.4, -0.2) is 41.4 Å². The van der Waals surface area contributed by atoms with Gasteiger partial charge in [0, 0.05) is 25.0 Å². The average molecular weight is 366 g/mol. The summed E-state index contributed by atoms with van der Waals surface area (Å²) in [6, 6.07) is 10.6. The second-order valence-electron chi connectivity index (χ2n) is 8.64. The Bertz CT molecular complexity index is 681. The van der Waals surface area contributed by atoms with Gasteiger partial charge in [-0.15, -0.1) is 0 Å². The lowest BCUT2D eigenvalue weighted by atomic mass is 9.85. The van der Waals surface area contributed by atoms with E-state index in [4.69, 9.17) is 5.26 Å². The molecular weight excluding hydrogens is 334 g/mol. The Morgan fingerprint density at radius 1 is 0.963 bits per heavy atom. The fourth-order valence-corrected chi connectivity index (χ4v) is 4.90. The number of hydrogen-bond donors (Lipinski definition) is 0. The molecule has 0 aromatic heterocycles. The maximum absolute atomic E-state index is 12.8. The molecule has 144 valence electrons. The molecular formula is C23H31N3O. The highest BCUT2D eigenvalue weighted by atomic mass is 16.2. The van der Waals surface area contributed by atoms with E-state index in [0.29, 0.717) is 23.8 Å². The van der Waals surface area contributed by atoms with Crippen molar-refractivity contribution in [1.29, 1.82) is 5.26 Å². The van der Waals surface area contributed by atoms with Crippen LogP contribution in [-0.2, 0) is 11.3 Å². The summed E-state index contributed by atoms with van der Waals surface area (Å²) in [5, 5.41) is 8.93. The average Bonchev–Trinajstić information content (AvgIpc) is 3.56. The van der Waals surface area contributed by atoms with Crippen LogP contribution < -0.4 is 0 Å². The van der Waals surface area contributed by atoms with Gasteiger partial charge in [0.05, 0.1) is 11.6 Å². The SMILES string of the molecule is N#Cc1ccc(CN2CCC(C3CCCCCN3C(=O)C3CC3)CC2)cc1. The Hall–Kier alpha value is -1.86. The van der Waals surface area contributed by atoms with Gasteiger partial charge in [-0.2, -0.15) is 5.26 Å². The first-order chi connectivity index (χ1) is 13.2. The van der Waals surface area contributed by atoms with Crippen LogP contribution in [0.4, 0.5) is 0 Å². The Labute approximate surface area is 163 Å². The summed E-state index contributed by atoms with van der Waals surface area (Å²) in [6.07, 6.45) is 9.60. The number of piperidine rings is 1. The molecule has 4 nitrogen and oxygen atoms in total. The monoisotopic (exact) mass is 365 g/mol. The molecule has 1 atom stereocenters. The van der Waals surface area contributed by atoms with Gasteiger partial charge < -0.3 is 4.90 Å². The normalized spacial score (nSPS) is 25.0. The van der Waals surface area contributed by atoms with Gasteiger partial charge in [-0.05, 0) is 75.2 Å². The number of hydrogen-bond acceptors (Lipinski definition) is 3. The summed E-state index contributed by atoms with van der Waals surface area (Å²) in [5.74, 6) is 1.48. The van der Waals surface area contributed by atoms with Gasteiger partial charge in [0.1, 0.15) is 0 Å². The van der Waals surface area contributed by atoms with E-state index >= 15 is 0 Å². The molecule has 2 aliphatic heterocycles. The van der Waals surface area contributed by atoms with Gasteiger partial charge in [-0.1, -0.05) is 25.0 Å². The van der Waals surface area contributed by atoms with Crippen LogP contribution in [0.5, 0.6) is 0 Å². The minimum atomic E-state index is 0.349. The van der Waals surface area contributed by atoms with Crippen LogP contribution in [0.2, 0.25) is 0 Å². The highest BCUT2D eigenvalue weighted by molar-refractivity contribution is 5.81. The molecule has 1 unspecified atom stereocenters. The van der Waals surface area contributed by atoms with Crippen LogP contribution in [0.25, 0.3) is 0 Å². The van der Waals surface area contributed by atoms with Crippen molar-refractivity contribution in [3.8, 4) is 6.07 Å². The number of nitrogens with zero attached hydrogens (tertiary/aromatic N) is 3. The molecule has 1 aromatic rings. The fraction of sp³-hybridized carbons (Fsp3) is 0.652. The van der Waals surface area contributed by atoms with Crippen LogP contribution in [0.1, 0.15) is 62.5 Å². The Kier molecular flexibility index (Phi) is 5.78. The number of benzene rings is 1. The van der Waals surface area contributed by atoms with Gasteiger partial charge in [0.15, 0.2) is 0 Å². The molecule has 4 rings (SSSR count). The maximum atomic E-state index is 12.8. The zero-order chi connectivity index (χ0) is 18.6. The van der Waals surface area contributed by atoms with Crippen molar-refractivity contribution in [2.75, 3.05) is 19.6 Å². The third kappa shape index (κ3) is 4.52.